The summed E-state index contributed by atoms with van der Waals surface area (Å²) >= 11 is 1.52. The number of carbonyl (C=O) groups is 1. The number of nitrogens with one attached hydrogen (secondary N) is 2. The van der Waals surface area contributed by atoms with Crippen LogP contribution in [-0.2, 0) is 0 Å². The van der Waals surface area contributed by atoms with Gasteiger partial charge in [-0.1, -0.05) is 30.3 Å². The van der Waals surface area contributed by atoms with Crippen LogP contribution in [0.25, 0.3) is 0 Å². The molecule has 168 valence electrons. The van der Waals surface area contributed by atoms with Crippen molar-refractivity contribution in [3.8, 4) is 0 Å². The lowest BCUT2D eigenvalue weighted by molar-refractivity contribution is 0.102. The molecule has 2 N–H and O–H groups in total. The SMILES string of the molecule is Cc1cc(C)nc(N[C@H](c2ccc(F)cc2)c2c(NC(=O)c3ccccc3)sc(C)c2C)n1. The monoisotopic (exact) mass is 460 g/mol. The van der Waals surface area contributed by atoms with Gasteiger partial charge in [0.2, 0.25) is 5.95 Å². The maximum absolute atomic E-state index is 13.7. The van der Waals surface area contributed by atoms with Crippen molar-refractivity contribution >= 4 is 28.2 Å². The summed E-state index contributed by atoms with van der Waals surface area (Å²) in [5.41, 5.74) is 5.08. The van der Waals surface area contributed by atoms with E-state index in [0.29, 0.717) is 11.5 Å². The highest BCUT2D eigenvalue weighted by Crippen LogP contribution is 2.41. The predicted molar refractivity (Wildman–Crippen MR) is 132 cm³/mol. The fourth-order valence-electron chi connectivity index (χ4n) is 3.75. The standard InChI is InChI=1S/C26H25FN4OS/c1-15-14-16(2)29-26(28-15)30-23(19-10-12-21(27)13-11-19)22-17(3)18(4)33-25(22)31-24(32)20-8-6-5-7-9-20/h5-14,23H,1-4H3,(H,31,32)(H,28,29,30)/t23-/m1/s1. The van der Waals surface area contributed by atoms with E-state index in [1.165, 1.54) is 23.5 Å². The Morgan fingerprint density at radius 1 is 0.939 bits per heavy atom. The van der Waals surface area contributed by atoms with Crippen LogP contribution in [0.5, 0.6) is 0 Å². The fraction of sp³-hybridized carbons (Fsp3) is 0.192. The summed E-state index contributed by atoms with van der Waals surface area (Å²) in [5, 5.41) is 7.26. The van der Waals surface area contributed by atoms with Gasteiger partial charge in [-0.2, -0.15) is 0 Å². The molecule has 2 aromatic carbocycles. The van der Waals surface area contributed by atoms with Gasteiger partial charge in [-0.3, -0.25) is 4.79 Å². The molecule has 33 heavy (non-hydrogen) atoms. The zero-order valence-corrected chi connectivity index (χ0v) is 19.8. The minimum absolute atomic E-state index is 0.182. The molecule has 2 aromatic heterocycles. The molecule has 0 bridgehead atoms. The number of thiophene rings is 1. The fourth-order valence-corrected chi connectivity index (χ4v) is 4.84. The smallest absolute Gasteiger partial charge is 0.256 e. The van der Waals surface area contributed by atoms with Gasteiger partial charge in [0.1, 0.15) is 10.8 Å². The second kappa shape index (κ2) is 9.50. The van der Waals surface area contributed by atoms with Gasteiger partial charge in [-0.25, -0.2) is 14.4 Å². The van der Waals surface area contributed by atoms with E-state index >= 15 is 0 Å². The maximum atomic E-state index is 13.7. The molecule has 4 rings (SSSR count). The Balaban J connectivity index is 1.79. The van der Waals surface area contributed by atoms with Crippen LogP contribution in [0.4, 0.5) is 15.3 Å². The lowest BCUT2D eigenvalue weighted by atomic mass is 9.96. The van der Waals surface area contributed by atoms with Crippen LogP contribution < -0.4 is 10.6 Å². The predicted octanol–water partition coefficient (Wildman–Crippen LogP) is 6.36. The van der Waals surface area contributed by atoms with Crippen molar-refractivity contribution in [3.05, 3.63) is 105 Å². The molecule has 5 nitrogen and oxygen atoms in total. The van der Waals surface area contributed by atoms with E-state index in [4.69, 9.17) is 0 Å². The van der Waals surface area contributed by atoms with Crippen LogP contribution in [0.1, 0.15) is 49.4 Å². The summed E-state index contributed by atoms with van der Waals surface area (Å²) in [4.78, 5) is 23.1. The number of rotatable bonds is 6. The van der Waals surface area contributed by atoms with Crippen molar-refractivity contribution in [1.29, 1.82) is 0 Å². The van der Waals surface area contributed by atoms with Gasteiger partial charge < -0.3 is 10.6 Å². The number of nitrogens with zero attached hydrogens (tertiary/aromatic N) is 2. The third-order valence-corrected chi connectivity index (χ3v) is 6.58. The quantitative estimate of drug-likeness (QED) is 0.351. The summed E-state index contributed by atoms with van der Waals surface area (Å²) in [5.74, 6) is -0.0139. The number of benzene rings is 2. The van der Waals surface area contributed by atoms with Crippen LogP contribution in [-0.4, -0.2) is 15.9 Å². The molecule has 0 fully saturated rings. The molecular weight excluding hydrogens is 435 g/mol. The lowest BCUT2D eigenvalue weighted by Crippen LogP contribution is -2.19. The molecule has 2 heterocycles. The van der Waals surface area contributed by atoms with Crippen molar-refractivity contribution < 1.29 is 9.18 Å². The van der Waals surface area contributed by atoms with Crippen molar-refractivity contribution in [2.24, 2.45) is 0 Å². The molecule has 0 spiro atoms. The second-order valence-corrected chi connectivity index (χ2v) is 9.17. The van der Waals surface area contributed by atoms with Crippen LogP contribution >= 0.6 is 11.3 Å². The Morgan fingerprint density at radius 3 is 2.21 bits per heavy atom. The normalized spacial score (nSPS) is 11.8. The number of aryl methyl sites for hydroxylation is 3. The Labute approximate surface area is 196 Å². The molecular formula is C26H25FN4OS. The van der Waals surface area contributed by atoms with Gasteiger partial charge in [0.05, 0.1) is 6.04 Å². The largest absolute Gasteiger partial charge is 0.343 e. The first-order valence-electron chi connectivity index (χ1n) is 10.6. The molecule has 0 aliphatic rings. The van der Waals surface area contributed by atoms with E-state index in [2.05, 4.69) is 20.6 Å². The van der Waals surface area contributed by atoms with E-state index in [0.717, 1.165) is 38.0 Å². The van der Waals surface area contributed by atoms with E-state index in [1.807, 2.05) is 52.0 Å². The van der Waals surface area contributed by atoms with Gasteiger partial charge in [0.25, 0.3) is 5.91 Å². The highest BCUT2D eigenvalue weighted by atomic mass is 32.1. The van der Waals surface area contributed by atoms with E-state index in [1.54, 1.807) is 24.3 Å². The van der Waals surface area contributed by atoms with Crippen molar-refractivity contribution in [2.45, 2.75) is 33.7 Å². The van der Waals surface area contributed by atoms with Gasteiger partial charge >= 0.3 is 0 Å². The Kier molecular flexibility index (Phi) is 6.51. The first-order valence-corrected chi connectivity index (χ1v) is 11.4. The zero-order valence-electron chi connectivity index (χ0n) is 18.9. The van der Waals surface area contributed by atoms with Crippen LogP contribution in [0.15, 0.2) is 60.7 Å². The summed E-state index contributed by atoms with van der Waals surface area (Å²) in [6.07, 6.45) is 0. The molecule has 1 amide bonds. The molecule has 0 aliphatic carbocycles. The van der Waals surface area contributed by atoms with Crippen molar-refractivity contribution in [2.75, 3.05) is 10.6 Å². The van der Waals surface area contributed by atoms with Gasteiger partial charge in [0, 0.05) is 27.4 Å². The average molecular weight is 461 g/mol. The molecule has 4 aromatic rings. The number of amides is 1. The molecule has 0 saturated carbocycles. The number of hydrogen-bond donors (Lipinski definition) is 2. The molecule has 0 saturated heterocycles. The molecule has 1 atom stereocenters. The number of hydrogen-bond acceptors (Lipinski definition) is 5. The third kappa shape index (κ3) is 5.09. The minimum Gasteiger partial charge on any atom is -0.343 e. The third-order valence-electron chi connectivity index (χ3n) is 5.44. The Hall–Kier alpha value is -3.58. The lowest BCUT2D eigenvalue weighted by Gasteiger charge is -2.22. The highest BCUT2D eigenvalue weighted by molar-refractivity contribution is 7.16. The van der Waals surface area contributed by atoms with Crippen molar-refractivity contribution in [3.63, 3.8) is 0 Å². The van der Waals surface area contributed by atoms with Crippen molar-refractivity contribution in [1.82, 2.24) is 9.97 Å². The number of aromatic nitrogens is 2. The minimum atomic E-state index is -0.386. The number of halogens is 1. The van der Waals surface area contributed by atoms with Gasteiger partial charge in [0.15, 0.2) is 0 Å². The van der Waals surface area contributed by atoms with E-state index < -0.39 is 0 Å². The molecule has 7 heteroatoms. The van der Waals surface area contributed by atoms with Crippen LogP contribution in [0, 0.1) is 33.5 Å². The summed E-state index contributed by atoms with van der Waals surface area (Å²) in [6.45, 7) is 7.88. The Bertz CT molecular complexity index is 1270. The van der Waals surface area contributed by atoms with Crippen LogP contribution in [0.2, 0.25) is 0 Å². The number of anilines is 2. The number of carbonyl (C=O) groups excluding carboxylic acids is 1. The van der Waals surface area contributed by atoms with E-state index in [9.17, 15) is 9.18 Å². The summed E-state index contributed by atoms with van der Waals surface area (Å²) in [6, 6.07) is 17.0. The Morgan fingerprint density at radius 2 is 1.58 bits per heavy atom. The van der Waals surface area contributed by atoms with Gasteiger partial charge in [-0.15, -0.1) is 11.3 Å². The molecule has 0 aliphatic heterocycles. The topological polar surface area (TPSA) is 66.9 Å². The van der Waals surface area contributed by atoms with Crippen LogP contribution in [0.3, 0.4) is 0 Å². The van der Waals surface area contributed by atoms with E-state index in [-0.39, 0.29) is 17.8 Å². The summed E-state index contributed by atoms with van der Waals surface area (Å²) < 4.78 is 13.7. The first-order chi connectivity index (χ1) is 15.8. The molecule has 0 unspecified atom stereocenters. The highest BCUT2D eigenvalue weighted by Gasteiger charge is 2.26. The second-order valence-electron chi connectivity index (χ2n) is 7.95. The maximum Gasteiger partial charge on any atom is 0.256 e. The summed E-state index contributed by atoms with van der Waals surface area (Å²) in [7, 11) is 0. The first kappa shape index (κ1) is 22.6. The zero-order chi connectivity index (χ0) is 23.5. The average Bonchev–Trinajstić information content (AvgIpc) is 3.05. The van der Waals surface area contributed by atoms with Gasteiger partial charge in [-0.05, 0) is 69.2 Å². The molecule has 0 radical (unpaired) electrons.